The lowest BCUT2D eigenvalue weighted by atomic mass is 10.1. The molecule has 1 aliphatic heterocycles. The molecule has 0 unspecified atom stereocenters. The van der Waals surface area contributed by atoms with Crippen molar-refractivity contribution < 1.29 is 28.2 Å². The fraction of sp³-hybridized carbons (Fsp3) is 0.353. The molecule has 0 amide bonds. The van der Waals surface area contributed by atoms with E-state index in [0.717, 1.165) is 61.2 Å². The summed E-state index contributed by atoms with van der Waals surface area (Å²) in [5, 5.41) is 9.41. The highest BCUT2D eigenvalue weighted by atomic mass is 35.5. The standard InChI is InChI=1S/C34H35ClF2N6O4/c1-2-42-21-38-17-25(42)18-43-32(40-30-8-4-24(39-34(30)43)5-10-33(44)45)19-41-13-11-26(12-14-41)47-27-6-7-28(36)22(15-27)20-46-31-9-3-23(35)16-29(31)37/h3-4,6-9,15-17,21,26H,2,5,10-14,18-20H2,1H3,(H,44,45). The van der Waals surface area contributed by atoms with Gasteiger partial charge in [0.05, 0.1) is 31.5 Å². The molecule has 0 bridgehead atoms. The van der Waals surface area contributed by atoms with Crippen molar-refractivity contribution in [1.29, 1.82) is 0 Å². The Hall–Kier alpha value is -4.55. The quantitative estimate of drug-likeness (QED) is 0.157. The van der Waals surface area contributed by atoms with Crippen molar-refractivity contribution in [2.45, 2.75) is 65.0 Å². The van der Waals surface area contributed by atoms with Gasteiger partial charge in [0.15, 0.2) is 17.2 Å². The van der Waals surface area contributed by atoms with Gasteiger partial charge < -0.3 is 23.7 Å². The number of nitrogens with zero attached hydrogens (tertiary/aromatic N) is 6. The number of hydrogen-bond donors (Lipinski definition) is 1. The van der Waals surface area contributed by atoms with Crippen LogP contribution in [-0.4, -0.2) is 59.3 Å². The molecule has 0 radical (unpaired) electrons. The number of ether oxygens (including phenoxy) is 2. The summed E-state index contributed by atoms with van der Waals surface area (Å²) in [6.45, 7) is 5.37. The summed E-state index contributed by atoms with van der Waals surface area (Å²) in [6.07, 6.45) is 5.47. The molecule has 5 aromatic rings. The summed E-state index contributed by atoms with van der Waals surface area (Å²) in [5.74, 6) is -0.552. The fourth-order valence-electron chi connectivity index (χ4n) is 5.74. The highest BCUT2D eigenvalue weighted by molar-refractivity contribution is 6.30. The predicted molar refractivity (Wildman–Crippen MR) is 172 cm³/mol. The van der Waals surface area contributed by atoms with E-state index in [1.807, 2.05) is 18.3 Å². The zero-order valence-electron chi connectivity index (χ0n) is 25.9. The molecule has 2 aromatic carbocycles. The van der Waals surface area contributed by atoms with E-state index in [4.69, 9.17) is 36.1 Å². The number of fused-ring (bicyclic) bond motifs is 1. The Morgan fingerprint density at radius 2 is 1.87 bits per heavy atom. The highest BCUT2D eigenvalue weighted by Crippen LogP contribution is 2.26. The molecule has 10 nitrogen and oxygen atoms in total. The zero-order chi connectivity index (χ0) is 32.9. The first-order valence-electron chi connectivity index (χ1n) is 15.6. The molecule has 47 heavy (non-hydrogen) atoms. The second-order valence-electron chi connectivity index (χ2n) is 11.5. The Balaban J connectivity index is 1.11. The van der Waals surface area contributed by atoms with Crippen LogP contribution in [0.15, 0.2) is 61.1 Å². The molecule has 13 heteroatoms. The molecule has 6 rings (SSSR count). The van der Waals surface area contributed by atoms with Crippen molar-refractivity contribution in [1.82, 2.24) is 29.0 Å². The number of pyridine rings is 1. The van der Waals surface area contributed by atoms with Gasteiger partial charge in [-0.2, -0.15) is 0 Å². The van der Waals surface area contributed by atoms with Crippen LogP contribution in [0.2, 0.25) is 5.02 Å². The average molecular weight is 665 g/mol. The van der Waals surface area contributed by atoms with Crippen LogP contribution in [0.3, 0.4) is 0 Å². The Morgan fingerprint density at radius 3 is 2.64 bits per heavy atom. The number of rotatable bonds is 13. The number of halogens is 3. The first-order chi connectivity index (χ1) is 22.7. The molecule has 1 N–H and O–H groups in total. The molecule has 4 heterocycles. The number of aryl methyl sites for hydroxylation is 2. The van der Waals surface area contributed by atoms with Crippen LogP contribution in [0.1, 0.15) is 49.0 Å². The number of likely N-dealkylation sites (tertiary alicyclic amines) is 1. The first kappa shape index (κ1) is 32.4. The second-order valence-corrected chi connectivity index (χ2v) is 12.0. The molecular formula is C34H35ClF2N6O4. The van der Waals surface area contributed by atoms with E-state index in [9.17, 15) is 13.6 Å². The monoisotopic (exact) mass is 664 g/mol. The van der Waals surface area contributed by atoms with Crippen LogP contribution in [0.4, 0.5) is 8.78 Å². The molecule has 0 saturated carbocycles. The van der Waals surface area contributed by atoms with Crippen LogP contribution in [0, 0.1) is 11.6 Å². The predicted octanol–water partition coefficient (Wildman–Crippen LogP) is 6.27. The van der Waals surface area contributed by atoms with Crippen LogP contribution in [0.5, 0.6) is 11.5 Å². The Bertz CT molecular complexity index is 1870. The van der Waals surface area contributed by atoms with Crippen molar-refractivity contribution in [3.8, 4) is 11.5 Å². The summed E-state index contributed by atoms with van der Waals surface area (Å²) < 4.78 is 44.6. The van der Waals surface area contributed by atoms with Gasteiger partial charge in [0.25, 0.3) is 0 Å². The minimum absolute atomic E-state index is 0.00794. The van der Waals surface area contributed by atoms with Crippen molar-refractivity contribution in [2.24, 2.45) is 0 Å². The van der Waals surface area contributed by atoms with Gasteiger partial charge in [0.2, 0.25) is 0 Å². The minimum Gasteiger partial charge on any atom is -0.490 e. The van der Waals surface area contributed by atoms with Crippen LogP contribution >= 0.6 is 11.6 Å². The molecule has 246 valence electrons. The largest absolute Gasteiger partial charge is 0.490 e. The van der Waals surface area contributed by atoms with Gasteiger partial charge in [-0.05, 0) is 68.3 Å². The number of benzene rings is 2. The van der Waals surface area contributed by atoms with Gasteiger partial charge >= 0.3 is 5.97 Å². The van der Waals surface area contributed by atoms with Crippen molar-refractivity contribution in [2.75, 3.05) is 13.1 Å². The van der Waals surface area contributed by atoms with Crippen molar-refractivity contribution in [3.63, 3.8) is 0 Å². The third kappa shape index (κ3) is 7.88. The minimum atomic E-state index is -0.861. The number of carbonyl (C=O) groups is 1. The SMILES string of the molecule is CCn1cncc1Cn1c(CN2CCC(Oc3ccc(F)c(COc4ccc(Cl)cc4F)c3)CC2)nc2ccc(CCC(=O)O)nc21. The summed E-state index contributed by atoms with van der Waals surface area (Å²) in [4.78, 5) is 27.6. The zero-order valence-corrected chi connectivity index (χ0v) is 26.7. The van der Waals surface area contributed by atoms with Gasteiger partial charge in [-0.3, -0.25) is 9.69 Å². The molecule has 0 spiro atoms. The summed E-state index contributed by atoms with van der Waals surface area (Å²) in [7, 11) is 0. The van der Waals surface area contributed by atoms with Crippen LogP contribution in [-0.2, 0) is 37.5 Å². The number of aliphatic carboxylic acids is 1. The smallest absolute Gasteiger partial charge is 0.303 e. The van der Waals surface area contributed by atoms with Gasteiger partial charge in [0, 0.05) is 48.5 Å². The maximum absolute atomic E-state index is 14.5. The van der Waals surface area contributed by atoms with Crippen LogP contribution < -0.4 is 9.47 Å². The summed E-state index contributed by atoms with van der Waals surface area (Å²) >= 11 is 5.80. The Morgan fingerprint density at radius 1 is 1.04 bits per heavy atom. The molecule has 1 aliphatic rings. The number of aromatic nitrogens is 5. The molecule has 0 atom stereocenters. The van der Waals surface area contributed by atoms with Gasteiger partial charge in [-0.15, -0.1) is 0 Å². The summed E-state index contributed by atoms with van der Waals surface area (Å²) in [6, 6.07) is 12.3. The third-order valence-electron chi connectivity index (χ3n) is 8.28. The molecule has 0 aliphatic carbocycles. The van der Waals surface area contributed by atoms with Gasteiger partial charge in [-0.25, -0.2) is 23.7 Å². The van der Waals surface area contributed by atoms with E-state index in [-0.39, 0.29) is 35.5 Å². The van der Waals surface area contributed by atoms with E-state index in [1.54, 1.807) is 18.5 Å². The number of carboxylic acids is 1. The maximum atomic E-state index is 14.5. The van der Waals surface area contributed by atoms with Gasteiger partial charge in [-0.1, -0.05) is 11.6 Å². The Labute approximate surface area is 275 Å². The molecule has 1 saturated heterocycles. The van der Waals surface area contributed by atoms with E-state index in [2.05, 4.69) is 25.9 Å². The Kier molecular flexibility index (Phi) is 9.98. The first-order valence-corrected chi connectivity index (χ1v) is 15.9. The number of imidazole rings is 2. The van der Waals surface area contributed by atoms with E-state index < -0.39 is 17.6 Å². The van der Waals surface area contributed by atoms with Crippen molar-refractivity contribution in [3.05, 3.63) is 100 Å². The summed E-state index contributed by atoms with van der Waals surface area (Å²) in [5.41, 5.74) is 3.48. The fourth-order valence-corrected chi connectivity index (χ4v) is 5.89. The topological polar surface area (TPSA) is 108 Å². The lowest BCUT2D eigenvalue weighted by Gasteiger charge is -2.32. The van der Waals surface area contributed by atoms with E-state index in [0.29, 0.717) is 31.0 Å². The lowest BCUT2D eigenvalue weighted by molar-refractivity contribution is -0.136. The second kappa shape index (κ2) is 14.5. The average Bonchev–Trinajstić information content (AvgIpc) is 3.65. The third-order valence-corrected chi connectivity index (χ3v) is 8.52. The molecular weight excluding hydrogens is 630 g/mol. The van der Waals surface area contributed by atoms with Gasteiger partial charge in [0.1, 0.15) is 35.6 Å². The molecule has 1 fully saturated rings. The maximum Gasteiger partial charge on any atom is 0.303 e. The number of piperidine rings is 1. The van der Waals surface area contributed by atoms with E-state index in [1.165, 1.54) is 18.2 Å². The normalized spacial score (nSPS) is 14.1. The molecule has 3 aromatic heterocycles. The lowest BCUT2D eigenvalue weighted by Crippen LogP contribution is -2.38. The number of hydrogen-bond acceptors (Lipinski definition) is 7. The number of carboxylic acid groups (broad SMARTS) is 1. The van der Waals surface area contributed by atoms with Crippen molar-refractivity contribution >= 4 is 28.7 Å². The highest BCUT2D eigenvalue weighted by Gasteiger charge is 2.24. The van der Waals surface area contributed by atoms with E-state index >= 15 is 0 Å². The van der Waals surface area contributed by atoms with Crippen LogP contribution in [0.25, 0.3) is 11.2 Å².